The highest BCUT2D eigenvalue weighted by molar-refractivity contribution is 5.76. The van der Waals surface area contributed by atoms with E-state index < -0.39 is 11.7 Å². The minimum absolute atomic E-state index is 0.135. The maximum absolute atomic E-state index is 12.8. The largest absolute Gasteiger partial charge is 0.416 e. The number of aromatic amines is 1. The number of nitrogens with zero attached hydrogens (tertiary/aromatic N) is 2. The van der Waals surface area contributed by atoms with Crippen molar-refractivity contribution in [3.05, 3.63) is 34.1 Å². The first-order valence-corrected chi connectivity index (χ1v) is 6.94. The predicted octanol–water partition coefficient (Wildman–Crippen LogP) is 1.74. The van der Waals surface area contributed by atoms with E-state index in [1.54, 1.807) is 4.90 Å². The van der Waals surface area contributed by atoms with Gasteiger partial charge in [0.15, 0.2) is 5.82 Å². The number of hydrogen-bond donors (Lipinski definition) is 2. The molecule has 0 aliphatic carbocycles. The Morgan fingerprint density at radius 2 is 2.14 bits per heavy atom. The van der Waals surface area contributed by atoms with Crippen LogP contribution in [0.5, 0.6) is 0 Å². The number of piperazine rings is 1. The van der Waals surface area contributed by atoms with Gasteiger partial charge in [0, 0.05) is 25.7 Å². The Labute approximate surface area is 124 Å². The first-order chi connectivity index (χ1) is 10.3. The molecule has 1 aromatic heterocycles. The molecule has 0 amide bonds. The Bertz CT molecular complexity index is 756. The Hall–Kier alpha value is -2.09. The van der Waals surface area contributed by atoms with E-state index in [2.05, 4.69) is 15.3 Å². The van der Waals surface area contributed by atoms with Crippen LogP contribution >= 0.6 is 0 Å². The molecule has 1 aromatic carbocycles. The Kier molecular flexibility index (Phi) is 3.56. The van der Waals surface area contributed by atoms with E-state index in [1.807, 2.05) is 6.92 Å². The molecule has 2 heterocycles. The van der Waals surface area contributed by atoms with Gasteiger partial charge in [-0.05, 0) is 25.1 Å². The van der Waals surface area contributed by atoms with Gasteiger partial charge in [-0.1, -0.05) is 0 Å². The SMILES string of the molecule is CC1CN(c2nc3cc(C(F)(F)F)ccc3[nH]c2=O)CCN1. The van der Waals surface area contributed by atoms with Crippen molar-refractivity contribution < 1.29 is 13.2 Å². The van der Waals surface area contributed by atoms with Gasteiger partial charge in [0.25, 0.3) is 5.56 Å². The number of benzene rings is 1. The van der Waals surface area contributed by atoms with E-state index in [4.69, 9.17) is 0 Å². The lowest BCUT2D eigenvalue weighted by Crippen LogP contribution is -2.50. The molecule has 0 spiro atoms. The van der Waals surface area contributed by atoms with E-state index >= 15 is 0 Å². The minimum atomic E-state index is -4.43. The average Bonchev–Trinajstić information content (AvgIpc) is 2.45. The fraction of sp³-hybridized carbons (Fsp3) is 0.429. The van der Waals surface area contributed by atoms with Gasteiger partial charge in [0.2, 0.25) is 0 Å². The number of nitrogens with one attached hydrogen (secondary N) is 2. The molecule has 1 aliphatic rings. The van der Waals surface area contributed by atoms with Crippen LogP contribution in [0.1, 0.15) is 12.5 Å². The molecule has 22 heavy (non-hydrogen) atoms. The molecule has 0 bridgehead atoms. The van der Waals surface area contributed by atoms with E-state index in [0.717, 1.165) is 12.1 Å². The van der Waals surface area contributed by atoms with Crippen LogP contribution in [0.3, 0.4) is 0 Å². The highest BCUT2D eigenvalue weighted by Crippen LogP contribution is 2.30. The van der Waals surface area contributed by atoms with Gasteiger partial charge in [-0.2, -0.15) is 13.2 Å². The molecule has 3 rings (SSSR count). The predicted molar refractivity (Wildman–Crippen MR) is 77.0 cm³/mol. The number of H-pyrrole nitrogens is 1. The fourth-order valence-electron chi connectivity index (χ4n) is 2.59. The summed E-state index contributed by atoms with van der Waals surface area (Å²) in [6.07, 6.45) is -4.43. The highest BCUT2D eigenvalue weighted by atomic mass is 19.4. The second kappa shape index (κ2) is 5.28. The normalized spacial score (nSPS) is 19.6. The van der Waals surface area contributed by atoms with Gasteiger partial charge >= 0.3 is 6.18 Å². The standard InChI is InChI=1S/C14H15F3N4O/c1-8-7-21(5-4-18-8)12-13(22)20-10-3-2-9(14(15,16)17)6-11(10)19-12/h2-3,6,8,18H,4-5,7H2,1H3,(H,20,22). The van der Waals surface area contributed by atoms with Crippen LogP contribution in [0.25, 0.3) is 11.0 Å². The minimum Gasteiger partial charge on any atom is -0.349 e. The van der Waals surface area contributed by atoms with Gasteiger partial charge in [0.1, 0.15) is 0 Å². The van der Waals surface area contributed by atoms with Crippen LogP contribution in [-0.2, 0) is 6.18 Å². The van der Waals surface area contributed by atoms with Crippen molar-refractivity contribution in [1.82, 2.24) is 15.3 Å². The molecule has 2 N–H and O–H groups in total. The summed E-state index contributed by atoms with van der Waals surface area (Å²) in [6, 6.07) is 3.32. The smallest absolute Gasteiger partial charge is 0.349 e. The Morgan fingerprint density at radius 3 is 2.82 bits per heavy atom. The number of aromatic nitrogens is 2. The molecule has 1 aliphatic heterocycles. The van der Waals surface area contributed by atoms with Crippen LogP contribution in [0.15, 0.2) is 23.0 Å². The second-order valence-corrected chi connectivity index (χ2v) is 5.42. The third-order valence-electron chi connectivity index (χ3n) is 3.67. The van der Waals surface area contributed by atoms with E-state index in [1.165, 1.54) is 6.07 Å². The van der Waals surface area contributed by atoms with E-state index in [9.17, 15) is 18.0 Å². The summed E-state index contributed by atoms with van der Waals surface area (Å²) in [6.45, 7) is 3.84. The molecule has 0 saturated carbocycles. The summed E-state index contributed by atoms with van der Waals surface area (Å²) in [7, 11) is 0. The van der Waals surface area contributed by atoms with Crippen molar-refractivity contribution in [1.29, 1.82) is 0 Å². The zero-order valence-electron chi connectivity index (χ0n) is 11.9. The van der Waals surface area contributed by atoms with Crippen LogP contribution < -0.4 is 15.8 Å². The van der Waals surface area contributed by atoms with Crippen LogP contribution in [0.4, 0.5) is 19.0 Å². The molecular weight excluding hydrogens is 297 g/mol. The lowest BCUT2D eigenvalue weighted by Gasteiger charge is -2.32. The van der Waals surface area contributed by atoms with Crippen molar-refractivity contribution in [2.24, 2.45) is 0 Å². The van der Waals surface area contributed by atoms with Gasteiger partial charge in [-0.25, -0.2) is 4.98 Å². The topological polar surface area (TPSA) is 61.0 Å². The van der Waals surface area contributed by atoms with E-state index in [0.29, 0.717) is 25.2 Å². The van der Waals surface area contributed by atoms with Crippen molar-refractivity contribution in [2.45, 2.75) is 19.1 Å². The van der Waals surface area contributed by atoms with Crippen molar-refractivity contribution in [3.63, 3.8) is 0 Å². The summed E-state index contributed by atoms with van der Waals surface area (Å²) in [5, 5.41) is 3.24. The zero-order valence-corrected chi connectivity index (χ0v) is 11.9. The molecule has 0 radical (unpaired) electrons. The molecule has 2 aromatic rings. The molecule has 5 nitrogen and oxygen atoms in total. The number of rotatable bonds is 1. The molecule has 1 fully saturated rings. The number of anilines is 1. The van der Waals surface area contributed by atoms with Gasteiger partial charge in [0.05, 0.1) is 16.6 Å². The Balaban J connectivity index is 2.07. The third kappa shape index (κ3) is 2.78. The summed E-state index contributed by atoms with van der Waals surface area (Å²) >= 11 is 0. The second-order valence-electron chi connectivity index (χ2n) is 5.42. The molecule has 1 unspecified atom stereocenters. The first-order valence-electron chi connectivity index (χ1n) is 6.94. The monoisotopic (exact) mass is 312 g/mol. The number of fused-ring (bicyclic) bond motifs is 1. The molecule has 118 valence electrons. The van der Waals surface area contributed by atoms with Crippen LogP contribution in [-0.4, -0.2) is 35.6 Å². The third-order valence-corrected chi connectivity index (χ3v) is 3.67. The Morgan fingerprint density at radius 1 is 1.36 bits per heavy atom. The number of alkyl halides is 3. The van der Waals surface area contributed by atoms with Crippen LogP contribution in [0.2, 0.25) is 0 Å². The lowest BCUT2D eigenvalue weighted by atomic mass is 10.2. The summed E-state index contributed by atoms with van der Waals surface area (Å²) in [5.41, 5.74) is -0.735. The highest BCUT2D eigenvalue weighted by Gasteiger charge is 2.31. The van der Waals surface area contributed by atoms with Crippen LogP contribution in [0, 0.1) is 0 Å². The first kappa shape index (κ1) is 14.8. The number of halogens is 3. The quantitative estimate of drug-likeness (QED) is 0.842. The average molecular weight is 312 g/mol. The van der Waals surface area contributed by atoms with Gasteiger partial charge in [-0.3, -0.25) is 4.79 Å². The van der Waals surface area contributed by atoms with E-state index in [-0.39, 0.29) is 22.9 Å². The van der Waals surface area contributed by atoms with Crippen molar-refractivity contribution >= 4 is 16.9 Å². The molecular formula is C14H15F3N4O. The molecule has 1 atom stereocenters. The van der Waals surface area contributed by atoms with Crippen molar-refractivity contribution in [2.75, 3.05) is 24.5 Å². The summed E-state index contributed by atoms with van der Waals surface area (Å²) < 4.78 is 38.3. The maximum atomic E-state index is 12.8. The van der Waals surface area contributed by atoms with Gasteiger partial charge in [-0.15, -0.1) is 0 Å². The summed E-state index contributed by atoms with van der Waals surface area (Å²) in [5.74, 6) is 0.167. The molecule has 1 saturated heterocycles. The fourth-order valence-corrected chi connectivity index (χ4v) is 2.59. The zero-order chi connectivity index (χ0) is 15.9. The van der Waals surface area contributed by atoms with Crippen molar-refractivity contribution in [3.8, 4) is 0 Å². The summed E-state index contributed by atoms with van der Waals surface area (Å²) in [4.78, 5) is 20.7. The lowest BCUT2D eigenvalue weighted by molar-refractivity contribution is -0.137. The van der Waals surface area contributed by atoms with Gasteiger partial charge < -0.3 is 15.2 Å². The maximum Gasteiger partial charge on any atom is 0.416 e. The number of hydrogen-bond acceptors (Lipinski definition) is 4. The molecule has 8 heteroatoms.